The summed E-state index contributed by atoms with van der Waals surface area (Å²) >= 11 is 0. The van der Waals surface area contributed by atoms with Crippen molar-refractivity contribution in [2.45, 2.75) is 37.8 Å². The fourth-order valence-corrected chi connectivity index (χ4v) is 1.82. The Bertz CT molecular complexity index is 89.1. The first-order valence-electron chi connectivity index (χ1n) is 4.23. The van der Waals surface area contributed by atoms with Crippen molar-refractivity contribution in [1.29, 1.82) is 0 Å². The summed E-state index contributed by atoms with van der Waals surface area (Å²) in [6.45, 7) is 0. The van der Waals surface area contributed by atoms with E-state index in [1.165, 1.54) is 25.7 Å². The van der Waals surface area contributed by atoms with Crippen LogP contribution in [0.2, 0.25) is 0 Å². The summed E-state index contributed by atoms with van der Waals surface area (Å²) in [5.74, 6) is 0. The molecular weight excluding hydrogens is 124 g/mol. The van der Waals surface area contributed by atoms with Gasteiger partial charge in [-0.2, -0.15) is 0 Å². The zero-order valence-electron chi connectivity index (χ0n) is 6.98. The van der Waals surface area contributed by atoms with Crippen LogP contribution < -0.4 is 10.6 Å². The third kappa shape index (κ3) is 1.70. The van der Waals surface area contributed by atoms with E-state index in [-0.39, 0.29) is 2.85 Å². The molecule has 0 aromatic carbocycles. The van der Waals surface area contributed by atoms with Crippen LogP contribution in [0.1, 0.15) is 28.5 Å². The van der Waals surface area contributed by atoms with Gasteiger partial charge in [-0.3, -0.25) is 0 Å². The van der Waals surface area contributed by atoms with E-state index in [0.717, 1.165) is 0 Å². The average Bonchev–Trinajstić information content (AvgIpc) is 2.04. The minimum Gasteiger partial charge on any atom is -0.315 e. The lowest BCUT2D eigenvalue weighted by Gasteiger charge is -2.30. The average molecular weight is 146 g/mol. The molecular formula is C8H22N2. The first-order valence-corrected chi connectivity index (χ1v) is 4.23. The van der Waals surface area contributed by atoms with Gasteiger partial charge in [0.1, 0.15) is 0 Å². The predicted octanol–water partition coefficient (Wildman–Crippen LogP) is 1.23. The summed E-state index contributed by atoms with van der Waals surface area (Å²) in [5, 5.41) is 6.68. The summed E-state index contributed by atoms with van der Waals surface area (Å²) in [7, 11) is 4.11. The van der Waals surface area contributed by atoms with Gasteiger partial charge in [-0.1, -0.05) is 12.8 Å². The van der Waals surface area contributed by atoms with Crippen molar-refractivity contribution >= 4 is 0 Å². The first-order chi connectivity index (χ1) is 4.88. The molecule has 1 unspecified atom stereocenters. The second-order valence-electron chi connectivity index (χ2n) is 3.07. The Morgan fingerprint density at radius 3 is 1.70 bits per heavy atom. The number of rotatable bonds is 2. The molecule has 2 atom stereocenters. The van der Waals surface area contributed by atoms with Crippen LogP contribution in [0.3, 0.4) is 0 Å². The maximum Gasteiger partial charge on any atom is 0.0218 e. The van der Waals surface area contributed by atoms with E-state index in [1.54, 1.807) is 0 Å². The summed E-state index contributed by atoms with van der Waals surface area (Å²) < 4.78 is 0. The third-order valence-electron chi connectivity index (χ3n) is 2.51. The Morgan fingerprint density at radius 1 is 1.00 bits per heavy atom. The molecule has 1 fully saturated rings. The molecule has 0 spiro atoms. The summed E-state index contributed by atoms with van der Waals surface area (Å²) in [5.41, 5.74) is 0. The van der Waals surface area contributed by atoms with Gasteiger partial charge in [0.05, 0.1) is 0 Å². The van der Waals surface area contributed by atoms with Crippen LogP contribution in [0.15, 0.2) is 0 Å². The number of hydrogen-bond donors (Lipinski definition) is 2. The largest absolute Gasteiger partial charge is 0.315 e. The van der Waals surface area contributed by atoms with Gasteiger partial charge in [-0.25, -0.2) is 0 Å². The van der Waals surface area contributed by atoms with E-state index in [2.05, 4.69) is 24.7 Å². The van der Waals surface area contributed by atoms with Crippen molar-refractivity contribution in [3.05, 3.63) is 0 Å². The van der Waals surface area contributed by atoms with Crippen molar-refractivity contribution in [3.63, 3.8) is 0 Å². The molecule has 2 heteroatoms. The van der Waals surface area contributed by atoms with Crippen LogP contribution in [0, 0.1) is 0 Å². The van der Waals surface area contributed by atoms with Crippen LogP contribution >= 0.6 is 0 Å². The Morgan fingerprint density at radius 2 is 1.40 bits per heavy atom. The summed E-state index contributed by atoms with van der Waals surface area (Å²) in [6.07, 6.45) is 5.46. The van der Waals surface area contributed by atoms with E-state index in [9.17, 15) is 0 Å². The lowest BCUT2D eigenvalue weighted by atomic mass is 9.91. The molecule has 1 aliphatic rings. The smallest absolute Gasteiger partial charge is 0.0218 e. The van der Waals surface area contributed by atoms with Crippen LogP contribution in [-0.4, -0.2) is 26.2 Å². The van der Waals surface area contributed by atoms with Crippen LogP contribution in [0.25, 0.3) is 0 Å². The Kier molecular flexibility index (Phi) is 3.16. The van der Waals surface area contributed by atoms with E-state index in [4.69, 9.17) is 0 Å². The van der Waals surface area contributed by atoms with Gasteiger partial charge in [0.25, 0.3) is 0 Å². The molecule has 1 aliphatic carbocycles. The molecule has 64 valence electrons. The van der Waals surface area contributed by atoms with Gasteiger partial charge in [0.2, 0.25) is 0 Å². The zero-order chi connectivity index (χ0) is 7.40. The first kappa shape index (κ1) is 8.02. The van der Waals surface area contributed by atoms with Gasteiger partial charge in [0.15, 0.2) is 0 Å². The van der Waals surface area contributed by atoms with Gasteiger partial charge < -0.3 is 10.6 Å². The molecule has 0 aliphatic heterocycles. The molecule has 0 aromatic rings. The van der Waals surface area contributed by atoms with Gasteiger partial charge in [-0.15, -0.1) is 0 Å². The molecule has 0 heterocycles. The molecule has 2 N–H and O–H groups in total. The monoisotopic (exact) mass is 146 g/mol. The Labute approximate surface area is 66.4 Å². The number of likely N-dealkylation sites (N-methyl/N-ethyl adjacent to an activating group) is 2. The highest BCUT2D eigenvalue weighted by Crippen LogP contribution is 2.17. The van der Waals surface area contributed by atoms with Crippen LogP contribution in [0.4, 0.5) is 0 Å². The second kappa shape index (κ2) is 3.94. The van der Waals surface area contributed by atoms with Gasteiger partial charge in [0, 0.05) is 14.9 Å². The highest BCUT2D eigenvalue weighted by Gasteiger charge is 2.21. The van der Waals surface area contributed by atoms with E-state index >= 15 is 0 Å². The topological polar surface area (TPSA) is 24.1 Å². The third-order valence-corrected chi connectivity index (χ3v) is 2.51. The van der Waals surface area contributed by atoms with Crippen molar-refractivity contribution in [2.75, 3.05) is 14.1 Å². The fraction of sp³-hybridized carbons (Fsp3) is 1.00. The SMILES string of the molecule is CNC1CCCC[C@H]1NC.[HH].[HH]. The molecule has 0 aromatic heterocycles. The quantitative estimate of drug-likeness (QED) is 0.612. The minimum atomic E-state index is 0. The Balaban J connectivity index is 0. The van der Waals surface area contributed by atoms with Crippen molar-refractivity contribution in [3.8, 4) is 0 Å². The maximum atomic E-state index is 3.34. The predicted molar refractivity (Wildman–Crippen MR) is 48.4 cm³/mol. The van der Waals surface area contributed by atoms with Gasteiger partial charge >= 0.3 is 0 Å². The molecule has 0 saturated heterocycles. The van der Waals surface area contributed by atoms with Crippen LogP contribution in [-0.2, 0) is 0 Å². The van der Waals surface area contributed by atoms with Gasteiger partial charge in [-0.05, 0) is 26.9 Å². The highest BCUT2D eigenvalue weighted by atomic mass is 15.0. The van der Waals surface area contributed by atoms with E-state index in [1.807, 2.05) is 0 Å². The van der Waals surface area contributed by atoms with Crippen molar-refractivity contribution in [2.24, 2.45) is 0 Å². The lowest BCUT2D eigenvalue weighted by molar-refractivity contribution is 0.309. The lowest BCUT2D eigenvalue weighted by Crippen LogP contribution is -2.47. The molecule has 10 heavy (non-hydrogen) atoms. The maximum absolute atomic E-state index is 3.34. The summed E-state index contributed by atoms with van der Waals surface area (Å²) in [4.78, 5) is 0. The van der Waals surface area contributed by atoms with Crippen LogP contribution in [0.5, 0.6) is 0 Å². The highest BCUT2D eigenvalue weighted by molar-refractivity contribution is 4.83. The van der Waals surface area contributed by atoms with Crippen molar-refractivity contribution < 1.29 is 2.85 Å². The number of hydrogen-bond acceptors (Lipinski definition) is 2. The molecule has 0 radical (unpaired) electrons. The molecule has 1 rings (SSSR count). The minimum absolute atomic E-state index is 0. The summed E-state index contributed by atoms with van der Waals surface area (Å²) in [6, 6.07) is 1.41. The second-order valence-corrected chi connectivity index (χ2v) is 3.07. The standard InChI is InChI=1S/C8H18N2.2H2/c1-9-7-5-3-4-6-8(7)10-2;;/h7-10H,3-6H2,1-2H3;2*1H/t7-,8?;;/m1../s1. The molecule has 0 bridgehead atoms. The normalized spacial score (nSPS) is 34.2. The van der Waals surface area contributed by atoms with E-state index < -0.39 is 0 Å². The molecule has 2 nitrogen and oxygen atoms in total. The van der Waals surface area contributed by atoms with E-state index in [0.29, 0.717) is 12.1 Å². The Hall–Kier alpha value is -0.0800. The zero-order valence-corrected chi connectivity index (χ0v) is 6.98. The molecule has 1 saturated carbocycles. The van der Waals surface area contributed by atoms with Crippen molar-refractivity contribution in [1.82, 2.24) is 10.6 Å². The fourth-order valence-electron chi connectivity index (χ4n) is 1.82. The molecule has 0 amide bonds. The number of nitrogens with one attached hydrogen (secondary N) is 2.